The molecule has 1 aromatic rings. The average Bonchev–Trinajstić information content (AvgIpc) is 2.75. The summed E-state index contributed by atoms with van der Waals surface area (Å²) in [6.45, 7) is 2.85. The van der Waals surface area contributed by atoms with Crippen molar-refractivity contribution in [3.63, 3.8) is 0 Å². The number of aromatic nitrogens is 2. The molecule has 4 nitrogen and oxygen atoms in total. The highest BCUT2D eigenvalue weighted by atomic mass is 35.5. The number of rotatable bonds is 3. The highest BCUT2D eigenvalue weighted by molar-refractivity contribution is 8.00. The van der Waals surface area contributed by atoms with E-state index in [9.17, 15) is 4.79 Å². The number of hydrogen-bond acceptors (Lipinski definition) is 4. The molecule has 92 valence electrons. The molecule has 0 saturated carbocycles. The summed E-state index contributed by atoms with van der Waals surface area (Å²) in [6, 6.07) is 3.14. The minimum atomic E-state index is -0.192. The van der Waals surface area contributed by atoms with Crippen molar-refractivity contribution in [3.05, 3.63) is 23.0 Å². The molecular weight excluding hydrogens is 258 g/mol. The zero-order chi connectivity index (χ0) is 12.3. The van der Waals surface area contributed by atoms with Crippen molar-refractivity contribution >= 4 is 29.3 Å². The predicted octanol–water partition coefficient (Wildman–Crippen LogP) is 2.15. The molecule has 1 N–H and O–H groups in total. The Hall–Kier alpha value is -0.810. The summed E-state index contributed by atoms with van der Waals surface area (Å²) in [6.07, 6.45) is 2.36. The molecule has 1 saturated heterocycles. The van der Waals surface area contributed by atoms with Crippen molar-refractivity contribution in [2.24, 2.45) is 0 Å². The number of nitrogens with one attached hydrogen (secondary N) is 1. The van der Waals surface area contributed by atoms with Crippen molar-refractivity contribution in [3.8, 4) is 0 Å². The Labute approximate surface area is 110 Å². The van der Waals surface area contributed by atoms with Crippen LogP contribution in [0.4, 0.5) is 0 Å². The van der Waals surface area contributed by atoms with Gasteiger partial charge in [0.15, 0.2) is 10.8 Å². The van der Waals surface area contributed by atoms with Crippen LogP contribution in [0.3, 0.4) is 0 Å². The van der Waals surface area contributed by atoms with Crippen LogP contribution in [-0.2, 0) is 0 Å². The standard InChI is InChI=1S/C11H14ClN3OS/c1-11(5-2-6-17-11)7-13-10(16)8-3-4-9(12)15-14-8/h3-4H,2,5-7H2,1H3,(H,13,16). The Balaban J connectivity index is 1.91. The molecule has 0 bridgehead atoms. The Kier molecular flexibility index (Phi) is 3.89. The molecule has 1 aliphatic heterocycles. The molecular formula is C11H14ClN3OS. The Bertz CT molecular complexity index is 404. The van der Waals surface area contributed by atoms with E-state index in [1.54, 1.807) is 12.1 Å². The van der Waals surface area contributed by atoms with Gasteiger partial charge in [-0.15, -0.1) is 10.2 Å². The lowest BCUT2D eigenvalue weighted by atomic mass is 10.1. The number of nitrogens with zero attached hydrogens (tertiary/aromatic N) is 2. The molecule has 2 rings (SSSR count). The van der Waals surface area contributed by atoms with Crippen molar-refractivity contribution in [2.45, 2.75) is 24.5 Å². The van der Waals surface area contributed by atoms with Crippen LogP contribution in [-0.4, -0.2) is 33.1 Å². The molecule has 0 radical (unpaired) electrons. The third-order valence-electron chi connectivity index (χ3n) is 2.79. The summed E-state index contributed by atoms with van der Waals surface area (Å²) in [5.41, 5.74) is 0.306. The van der Waals surface area contributed by atoms with Crippen molar-refractivity contribution in [1.82, 2.24) is 15.5 Å². The lowest BCUT2D eigenvalue weighted by Crippen LogP contribution is -2.37. The van der Waals surface area contributed by atoms with Gasteiger partial charge in [-0.05, 0) is 37.7 Å². The Morgan fingerprint density at radius 3 is 3.00 bits per heavy atom. The van der Waals surface area contributed by atoms with Gasteiger partial charge in [0.05, 0.1) is 0 Å². The van der Waals surface area contributed by atoms with Crippen LogP contribution >= 0.6 is 23.4 Å². The van der Waals surface area contributed by atoms with Gasteiger partial charge in [0.25, 0.3) is 5.91 Å². The minimum Gasteiger partial charge on any atom is -0.349 e. The number of hydrogen-bond donors (Lipinski definition) is 1. The molecule has 0 spiro atoms. The predicted molar refractivity (Wildman–Crippen MR) is 69.5 cm³/mol. The lowest BCUT2D eigenvalue weighted by molar-refractivity contribution is 0.0944. The topological polar surface area (TPSA) is 54.9 Å². The quantitative estimate of drug-likeness (QED) is 0.915. The second-order valence-electron chi connectivity index (χ2n) is 4.33. The second kappa shape index (κ2) is 5.23. The van der Waals surface area contributed by atoms with Crippen LogP contribution < -0.4 is 5.32 Å². The molecule has 1 amide bonds. The van der Waals surface area contributed by atoms with Crippen LogP contribution in [0, 0.1) is 0 Å². The van der Waals surface area contributed by atoms with Crippen LogP contribution in [0.1, 0.15) is 30.3 Å². The van der Waals surface area contributed by atoms with Gasteiger partial charge in [-0.2, -0.15) is 11.8 Å². The normalized spacial score (nSPS) is 23.6. The van der Waals surface area contributed by atoms with Crippen molar-refractivity contribution in [2.75, 3.05) is 12.3 Å². The first-order chi connectivity index (χ1) is 8.09. The van der Waals surface area contributed by atoms with Gasteiger partial charge < -0.3 is 5.32 Å². The van der Waals surface area contributed by atoms with E-state index in [2.05, 4.69) is 22.4 Å². The Morgan fingerprint density at radius 2 is 2.41 bits per heavy atom. The minimum absolute atomic E-state index is 0.162. The summed E-state index contributed by atoms with van der Waals surface area (Å²) in [4.78, 5) is 11.8. The van der Waals surface area contributed by atoms with E-state index in [0.717, 1.165) is 6.42 Å². The molecule has 17 heavy (non-hydrogen) atoms. The Morgan fingerprint density at radius 1 is 1.59 bits per heavy atom. The van der Waals surface area contributed by atoms with E-state index in [0.29, 0.717) is 17.4 Å². The SMILES string of the molecule is CC1(CNC(=O)c2ccc(Cl)nn2)CCCS1. The molecule has 1 unspecified atom stereocenters. The average molecular weight is 272 g/mol. The largest absolute Gasteiger partial charge is 0.349 e. The fraction of sp³-hybridized carbons (Fsp3) is 0.545. The number of thioether (sulfide) groups is 1. The summed E-state index contributed by atoms with van der Waals surface area (Å²) in [5.74, 6) is 0.982. The number of carbonyl (C=O) groups is 1. The summed E-state index contributed by atoms with van der Waals surface area (Å²) >= 11 is 7.52. The maximum atomic E-state index is 11.8. The molecule has 0 aromatic carbocycles. The van der Waals surface area contributed by atoms with E-state index < -0.39 is 0 Å². The van der Waals surface area contributed by atoms with Crippen LogP contribution in [0.5, 0.6) is 0 Å². The van der Waals surface area contributed by atoms with E-state index >= 15 is 0 Å². The van der Waals surface area contributed by atoms with Gasteiger partial charge >= 0.3 is 0 Å². The summed E-state index contributed by atoms with van der Waals surface area (Å²) < 4.78 is 0.162. The number of carbonyl (C=O) groups excluding carboxylic acids is 1. The smallest absolute Gasteiger partial charge is 0.271 e. The van der Waals surface area contributed by atoms with Crippen molar-refractivity contribution in [1.29, 1.82) is 0 Å². The van der Waals surface area contributed by atoms with Crippen LogP contribution in [0.25, 0.3) is 0 Å². The monoisotopic (exact) mass is 271 g/mol. The third-order valence-corrected chi connectivity index (χ3v) is 4.53. The molecule has 0 aliphatic carbocycles. The number of halogens is 1. The fourth-order valence-electron chi connectivity index (χ4n) is 1.77. The van der Waals surface area contributed by atoms with Gasteiger partial charge in [-0.3, -0.25) is 4.79 Å². The van der Waals surface area contributed by atoms with E-state index in [1.807, 2.05) is 11.8 Å². The maximum Gasteiger partial charge on any atom is 0.271 e. The molecule has 1 aromatic heterocycles. The third kappa shape index (κ3) is 3.33. The second-order valence-corrected chi connectivity index (χ2v) is 6.40. The van der Waals surface area contributed by atoms with Gasteiger partial charge in [0, 0.05) is 11.3 Å². The number of amides is 1. The summed E-state index contributed by atoms with van der Waals surface area (Å²) in [5, 5.41) is 10.6. The maximum absolute atomic E-state index is 11.8. The van der Waals surface area contributed by atoms with Gasteiger partial charge in [-0.1, -0.05) is 11.6 Å². The van der Waals surface area contributed by atoms with Gasteiger partial charge in [0.1, 0.15) is 0 Å². The highest BCUT2D eigenvalue weighted by Crippen LogP contribution is 2.36. The van der Waals surface area contributed by atoms with E-state index in [1.165, 1.54) is 12.2 Å². The summed E-state index contributed by atoms with van der Waals surface area (Å²) in [7, 11) is 0. The molecule has 1 aliphatic rings. The molecule has 6 heteroatoms. The zero-order valence-corrected chi connectivity index (χ0v) is 11.1. The van der Waals surface area contributed by atoms with Gasteiger partial charge in [-0.25, -0.2) is 0 Å². The fourth-order valence-corrected chi connectivity index (χ4v) is 3.12. The first-order valence-corrected chi connectivity index (χ1v) is 6.87. The van der Waals surface area contributed by atoms with E-state index in [4.69, 9.17) is 11.6 Å². The highest BCUT2D eigenvalue weighted by Gasteiger charge is 2.29. The molecule has 2 heterocycles. The zero-order valence-electron chi connectivity index (χ0n) is 9.57. The van der Waals surface area contributed by atoms with Crippen LogP contribution in [0.2, 0.25) is 5.15 Å². The van der Waals surface area contributed by atoms with Gasteiger partial charge in [0.2, 0.25) is 0 Å². The van der Waals surface area contributed by atoms with Crippen LogP contribution in [0.15, 0.2) is 12.1 Å². The lowest BCUT2D eigenvalue weighted by Gasteiger charge is -2.22. The first kappa shape index (κ1) is 12.6. The first-order valence-electron chi connectivity index (χ1n) is 5.50. The molecule has 1 fully saturated rings. The molecule has 1 atom stereocenters. The van der Waals surface area contributed by atoms with E-state index in [-0.39, 0.29) is 10.7 Å². The van der Waals surface area contributed by atoms with Crippen molar-refractivity contribution < 1.29 is 4.79 Å².